The molecule has 0 amide bonds. The molecule has 0 aromatic carbocycles. The number of fused-ring (bicyclic) bond motifs is 2. The summed E-state index contributed by atoms with van der Waals surface area (Å²) in [5.74, 6) is 1.07. The molecule has 1 spiro atoms. The Bertz CT molecular complexity index is 563. The van der Waals surface area contributed by atoms with Crippen molar-refractivity contribution in [1.29, 1.82) is 0 Å². The van der Waals surface area contributed by atoms with Crippen LogP contribution in [0.2, 0.25) is 0 Å². The van der Waals surface area contributed by atoms with Crippen molar-refractivity contribution in [3.05, 3.63) is 0 Å². The molecule has 4 heteroatoms. The van der Waals surface area contributed by atoms with Crippen molar-refractivity contribution in [2.75, 3.05) is 6.61 Å². The fourth-order valence-corrected chi connectivity index (χ4v) is 7.02. The highest BCUT2D eigenvalue weighted by atomic mass is 16.5. The van der Waals surface area contributed by atoms with E-state index in [0.717, 1.165) is 24.7 Å². The third-order valence-corrected chi connectivity index (χ3v) is 8.05. The molecule has 0 aromatic rings. The zero-order valence-electron chi connectivity index (χ0n) is 13.9. The summed E-state index contributed by atoms with van der Waals surface area (Å²) < 4.78 is 5.08. The van der Waals surface area contributed by atoms with Crippen LogP contribution < -0.4 is 0 Å². The highest BCUT2D eigenvalue weighted by Gasteiger charge is 2.84. The molecular formula is C18H26O4. The van der Waals surface area contributed by atoms with Crippen LogP contribution >= 0.6 is 0 Å². The van der Waals surface area contributed by atoms with Crippen LogP contribution in [0, 0.1) is 45.8 Å². The van der Waals surface area contributed by atoms with Crippen LogP contribution in [-0.2, 0) is 14.3 Å². The second-order valence-electron chi connectivity index (χ2n) is 9.24. The van der Waals surface area contributed by atoms with Gasteiger partial charge in [0.15, 0.2) is 6.61 Å². The summed E-state index contributed by atoms with van der Waals surface area (Å²) in [4.78, 5) is 23.2. The van der Waals surface area contributed by atoms with Crippen molar-refractivity contribution in [3.63, 3.8) is 0 Å². The number of carbonyl (C=O) groups excluding carboxylic acids is 1. The van der Waals surface area contributed by atoms with E-state index in [2.05, 4.69) is 27.7 Å². The lowest BCUT2D eigenvalue weighted by Crippen LogP contribution is -2.36. The first-order valence-electron chi connectivity index (χ1n) is 8.53. The molecule has 5 fully saturated rings. The highest BCUT2D eigenvalue weighted by Crippen LogP contribution is 2.89. The van der Waals surface area contributed by atoms with E-state index in [-0.39, 0.29) is 11.9 Å². The van der Waals surface area contributed by atoms with Gasteiger partial charge in [-0.05, 0) is 59.2 Å². The number of rotatable bonds is 3. The van der Waals surface area contributed by atoms with E-state index in [1.165, 1.54) is 6.42 Å². The minimum absolute atomic E-state index is 0.0888. The monoisotopic (exact) mass is 306 g/mol. The fraction of sp³-hybridized carbons (Fsp3) is 0.889. The molecule has 0 heterocycles. The quantitative estimate of drug-likeness (QED) is 0.814. The molecule has 22 heavy (non-hydrogen) atoms. The zero-order valence-corrected chi connectivity index (χ0v) is 13.9. The average Bonchev–Trinajstić information content (AvgIpc) is 3.19. The van der Waals surface area contributed by atoms with Gasteiger partial charge in [-0.1, -0.05) is 27.7 Å². The Labute approximate surface area is 131 Å². The number of carbonyl (C=O) groups is 2. The standard InChI is InChI=1S/C18H26O4/c1-16(2)12-9-5-6-18(14(13(12)16)17(18,3)4)7-10(9)15(21)22-8-11(19)20/h9-10,12-14H,5-8H2,1-4H3,(H,19,20). The zero-order chi connectivity index (χ0) is 16.1. The summed E-state index contributed by atoms with van der Waals surface area (Å²) in [6, 6.07) is 0. The first kappa shape index (κ1) is 14.5. The van der Waals surface area contributed by atoms with E-state index in [0.29, 0.717) is 28.1 Å². The third-order valence-electron chi connectivity index (χ3n) is 8.05. The average molecular weight is 306 g/mol. The lowest BCUT2D eigenvalue weighted by molar-refractivity contribution is -0.161. The Morgan fingerprint density at radius 1 is 1.18 bits per heavy atom. The van der Waals surface area contributed by atoms with Gasteiger partial charge >= 0.3 is 11.9 Å². The Hall–Kier alpha value is -1.06. The molecule has 2 bridgehead atoms. The van der Waals surface area contributed by atoms with Crippen molar-refractivity contribution < 1.29 is 19.4 Å². The van der Waals surface area contributed by atoms with Crippen molar-refractivity contribution in [1.82, 2.24) is 0 Å². The van der Waals surface area contributed by atoms with Crippen LogP contribution in [0.4, 0.5) is 0 Å². The summed E-state index contributed by atoms with van der Waals surface area (Å²) in [7, 11) is 0. The van der Waals surface area contributed by atoms with Gasteiger partial charge < -0.3 is 9.84 Å². The number of hydrogen-bond donors (Lipinski definition) is 1. The number of carboxylic acids is 1. The molecular weight excluding hydrogens is 280 g/mol. The SMILES string of the molecule is CC1(C)C2C3CCC4(CC3C(=O)OCC(=O)O)C(C21)C4(C)C. The number of carboxylic acid groups (broad SMARTS) is 1. The molecule has 6 atom stereocenters. The van der Waals surface area contributed by atoms with Crippen molar-refractivity contribution in [2.45, 2.75) is 47.0 Å². The maximum atomic E-state index is 12.5. The van der Waals surface area contributed by atoms with Gasteiger partial charge in [-0.3, -0.25) is 4.79 Å². The van der Waals surface area contributed by atoms with E-state index in [9.17, 15) is 9.59 Å². The molecule has 122 valence electrons. The number of ether oxygens (including phenoxy) is 1. The van der Waals surface area contributed by atoms with Gasteiger partial charge in [0.2, 0.25) is 0 Å². The van der Waals surface area contributed by atoms with Crippen LogP contribution in [-0.4, -0.2) is 23.7 Å². The minimum atomic E-state index is -1.07. The normalized spacial score (nSPS) is 48.6. The molecule has 6 unspecified atom stereocenters. The fourth-order valence-electron chi connectivity index (χ4n) is 7.02. The van der Waals surface area contributed by atoms with Gasteiger partial charge in [0.05, 0.1) is 5.92 Å². The minimum Gasteiger partial charge on any atom is -0.479 e. The van der Waals surface area contributed by atoms with Crippen molar-refractivity contribution >= 4 is 11.9 Å². The number of aliphatic carboxylic acids is 1. The summed E-state index contributed by atoms with van der Waals surface area (Å²) >= 11 is 0. The Morgan fingerprint density at radius 2 is 1.86 bits per heavy atom. The van der Waals surface area contributed by atoms with Gasteiger partial charge in [-0.15, -0.1) is 0 Å². The molecule has 5 aliphatic rings. The summed E-state index contributed by atoms with van der Waals surface area (Å²) in [6.07, 6.45) is 3.26. The van der Waals surface area contributed by atoms with Crippen molar-refractivity contribution in [2.24, 2.45) is 45.8 Å². The predicted octanol–water partition coefficient (Wildman–Crippen LogP) is 2.96. The first-order valence-corrected chi connectivity index (χ1v) is 8.53. The molecule has 5 saturated carbocycles. The first-order chi connectivity index (χ1) is 10.1. The lowest BCUT2D eigenvalue weighted by atomic mass is 9.67. The third kappa shape index (κ3) is 1.49. The largest absolute Gasteiger partial charge is 0.479 e. The second kappa shape index (κ2) is 3.88. The van der Waals surface area contributed by atoms with Crippen LogP contribution in [0.1, 0.15) is 47.0 Å². The number of esters is 1. The van der Waals surface area contributed by atoms with Crippen LogP contribution in [0.15, 0.2) is 0 Å². The van der Waals surface area contributed by atoms with E-state index >= 15 is 0 Å². The van der Waals surface area contributed by atoms with E-state index in [1.54, 1.807) is 0 Å². The van der Waals surface area contributed by atoms with Gasteiger partial charge in [-0.25, -0.2) is 4.79 Å². The van der Waals surface area contributed by atoms with E-state index in [4.69, 9.17) is 9.84 Å². The molecule has 4 nitrogen and oxygen atoms in total. The maximum absolute atomic E-state index is 12.5. The Kier molecular flexibility index (Phi) is 2.56. The van der Waals surface area contributed by atoms with Crippen LogP contribution in [0.3, 0.4) is 0 Å². The molecule has 0 aromatic heterocycles. The van der Waals surface area contributed by atoms with Gasteiger partial charge in [0.25, 0.3) is 0 Å². The highest BCUT2D eigenvalue weighted by molar-refractivity contribution is 5.77. The second-order valence-corrected chi connectivity index (χ2v) is 9.24. The van der Waals surface area contributed by atoms with E-state index < -0.39 is 12.6 Å². The Balaban J connectivity index is 1.64. The molecule has 1 N–H and O–H groups in total. The summed E-state index contributed by atoms with van der Waals surface area (Å²) in [5.41, 5.74) is 0.949. The molecule has 0 radical (unpaired) electrons. The molecule has 0 saturated heterocycles. The molecule has 5 rings (SSSR count). The van der Waals surface area contributed by atoms with Crippen LogP contribution in [0.25, 0.3) is 0 Å². The number of hydrogen-bond acceptors (Lipinski definition) is 3. The molecule has 0 aliphatic heterocycles. The molecule has 5 aliphatic carbocycles. The maximum Gasteiger partial charge on any atom is 0.341 e. The van der Waals surface area contributed by atoms with E-state index in [1.807, 2.05) is 0 Å². The van der Waals surface area contributed by atoms with Gasteiger partial charge in [0, 0.05) is 0 Å². The summed E-state index contributed by atoms with van der Waals surface area (Å²) in [6.45, 7) is 8.94. The van der Waals surface area contributed by atoms with Crippen molar-refractivity contribution in [3.8, 4) is 0 Å². The smallest absolute Gasteiger partial charge is 0.341 e. The Morgan fingerprint density at radius 3 is 2.50 bits per heavy atom. The summed E-state index contributed by atoms with van der Waals surface area (Å²) in [5, 5.41) is 8.76. The predicted molar refractivity (Wildman–Crippen MR) is 79.9 cm³/mol. The topological polar surface area (TPSA) is 63.6 Å². The van der Waals surface area contributed by atoms with Gasteiger partial charge in [-0.2, -0.15) is 0 Å². The van der Waals surface area contributed by atoms with Gasteiger partial charge in [0.1, 0.15) is 0 Å². The van der Waals surface area contributed by atoms with Crippen LogP contribution in [0.5, 0.6) is 0 Å². The lowest BCUT2D eigenvalue weighted by Gasteiger charge is -2.37.